The highest BCUT2D eigenvalue weighted by atomic mass is 16.2. The van der Waals surface area contributed by atoms with Crippen LogP contribution in [0.5, 0.6) is 0 Å². The van der Waals surface area contributed by atoms with Crippen molar-refractivity contribution >= 4 is 5.91 Å². The van der Waals surface area contributed by atoms with E-state index in [1.165, 1.54) is 0 Å². The molecule has 0 aliphatic rings. The van der Waals surface area contributed by atoms with Gasteiger partial charge in [-0.2, -0.15) is 0 Å². The van der Waals surface area contributed by atoms with Crippen LogP contribution in [0.1, 0.15) is 20.8 Å². The van der Waals surface area contributed by atoms with Gasteiger partial charge < -0.3 is 10.2 Å². The van der Waals surface area contributed by atoms with E-state index in [9.17, 15) is 4.79 Å². The Balaban J connectivity index is 0. The highest BCUT2D eigenvalue weighted by Gasteiger charge is 1.97. The van der Waals surface area contributed by atoms with Crippen molar-refractivity contribution in [3.63, 3.8) is 0 Å². The maximum atomic E-state index is 10.5. The first-order valence-electron chi connectivity index (χ1n) is 4.04. The molecule has 0 fully saturated rings. The summed E-state index contributed by atoms with van der Waals surface area (Å²) >= 11 is 0. The van der Waals surface area contributed by atoms with Crippen molar-refractivity contribution in [2.45, 2.75) is 20.8 Å². The monoisotopic (exact) mass is 160 g/mol. The molecule has 0 aliphatic carbocycles. The molecule has 0 heterocycles. The van der Waals surface area contributed by atoms with Crippen molar-refractivity contribution in [3.8, 4) is 0 Å². The molecule has 0 spiro atoms. The first-order valence-corrected chi connectivity index (χ1v) is 4.04. The summed E-state index contributed by atoms with van der Waals surface area (Å²) in [4.78, 5) is 12.2. The first-order chi connectivity index (χ1) is 5.18. The van der Waals surface area contributed by atoms with Gasteiger partial charge in [0.05, 0.1) is 0 Å². The normalized spacial score (nSPS) is 8.09. The van der Waals surface area contributed by atoms with Gasteiger partial charge in [0.15, 0.2) is 0 Å². The molecule has 0 saturated heterocycles. The fourth-order valence-electron chi connectivity index (χ4n) is 0.437. The lowest BCUT2D eigenvalue weighted by atomic mass is 10.5. The number of likely N-dealkylation sites (N-methyl/N-ethyl adjacent to an activating group) is 2. The fourth-order valence-corrected chi connectivity index (χ4v) is 0.437. The second kappa shape index (κ2) is 9.43. The molecule has 0 aromatic heterocycles. The molecule has 0 saturated carbocycles. The van der Waals surface area contributed by atoms with E-state index in [-0.39, 0.29) is 5.91 Å². The summed E-state index contributed by atoms with van der Waals surface area (Å²) in [5, 5.41) is 2.96. The summed E-state index contributed by atoms with van der Waals surface area (Å²) in [6.07, 6.45) is 0. The molecule has 0 unspecified atom stereocenters. The minimum atomic E-state index is 0.116. The van der Waals surface area contributed by atoms with E-state index in [1.807, 2.05) is 20.9 Å². The maximum Gasteiger partial charge on any atom is 0.219 e. The predicted molar refractivity (Wildman–Crippen MR) is 48.6 cm³/mol. The van der Waals surface area contributed by atoms with E-state index >= 15 is 0 Å². The first kappa shape index (κ1) is 13.1. The maximum absolute atomic E-state index is 10.5. The molecule has 3 nitrogen and oxygen atoms in total. The van der Waals surface area contributed by atoms with Crippen LogP contribution in [0.2, 0.25) is 0 Å². The molecule has 0 rings (SSSR count). The van der Waals surface area contributed by atoms with E-state index in [0.29, 0.717) is 0 Å². The molecule has 1 amide bonds. The molecule has 68 valence electrons. The van der Waals surface area contributed by atoms with Crippen molar-refractivity contribution < 1.29 is 4.79 Å². The Morgan fingerprint density at radius 1 is 1.45 bits per heavy atom. The molecule has 0 aromatic rings. The highest BCUT2D eigenvalue weighted by Crippen LogP contribution is 1.79. The van der Waals surface area contributed by atoms with Crippen LogP contribution in [0.25, 0.3) is 0 Å². The molecule has 3 heteroatoms. The minimum Gasteiger partial charge on any atom is -0.345 e. The molecule has 0 aromatic carbocycles. The largest absolute Gasteiger partial charge is 0.345 e. The average molecular weight is 160 g/mol. The Kier molecular flexibility index (Phi) is 11.2. The zero-order chi connectivity index (χ0) is 9.28. The molecular formula is C8H20N2O. The standard InChI is InChI=1S/C6H14N2O.C2H6/c1-6(9)8(3)5-4-7-2;1-2/h7H,4-5H2,1-3H3;1-2H3. The Labute approximate surface area is 69.8 Å². The van der Waals surface area contributed by atoms with E-state index < -0.39 is 0 Å². The van der Waals surface area contributed by atoms with Gasteiger partial charge in [-0.05, 0) is 7.05 Å². The quantitative estimate of drug-likeness (QED) is 0.659. The van der Waals surface area contributed by atoms with Crippen LogP contribution >= 0.6 is 0 Å². The second-order valence-electron chi connectivity index (χ2n) is 2.04. The Bertz CT molecular complexity index is 94.1. The van der Waals surface area contributed by atoms with Crippen molar-refractivity contribution in [1.82, 2.24) is 10.2 Å². The SMILES string of the molecule is CC.CNCCN(C)C(C)=O. The third kappa shape index (κ3) is 9.43. The van der Waals surface area contributed by atoms with Crippen LogP contribution in [0, 0.1) is 0 Å². The number of nitrogens with one attached hydrogen (secondary N) is 1. The van der Waals surface area contributed by atoms with Gasteiger partial charge in [-0.1, -0.05) is 13.8 Å². The molecule has 1 N–H and O–H groups in total. The van der Waals surface area contributed by atoms with Gasteiger partial charge in [-0.3, -0.25) is 4.79 Å². The fraction of sp³-hybridized carbons (Fsp3) is 0.875. The third-order valence-electron chi connectivity index (χ3n) is 1.23. The zero-order valence-electron chi connectivity index (χ0n) is 8.27. The van der Waals surface area contributed by atoms with Gasteiger partial charge in [-0.15, -0.1) is 0 Å². The summed E-state index contributed by atoms with van der Waals surface area (Å²) in [6, 6.07) is 0. The van der Waals surface area contributed by atoms with Gasteiger partial charge in [0, 0.05) is 27.1 Å². The van der Waals surface area contributed by atoms with Gasteiger partial charge >= 0.3 is 0 Å². The third-order valence-corrected chi connectivity index (χ3v) is 1.23. The molecule has 0 radical (unpaired) electrons. The topological polar surface area (TPSA) is 32.3 Å². The smallest absolute Gasteiger partial charge is 0.219 e. The van der Waals surface area contributed by atoms with Crippen LogP contribution < -0.4 is 5.32 Å². The molecule has 0 aliphatic heterocycles. The Hall–Kier alpha value is -0.570. The van der Waals surface area contributed by atoms with Crippen LogP contribution in [0.3, 0.4) is 0 Å². The van der Waals surface area contributed by atoms with Crippen LogP contribution in [-0.4, -0.2) is 38.0 Å². The van der Waals surface area contributed by atoms with Crippen molar-refractivity contribution in [2.75, 3.05) is 27.2 Å². The average Bonchev–Trinajstić information content (AvgIpc) is 2.03. The van der Waals surface area contributed by atoms with Crippen molar-refractivity contribution in [2.24, 2.45) is 0 Å². The summed E-state index contributed by atoms with van der Waals surface area (Å²) < 4.78 is 0. The Morgan fingerprint density at radius 2 is 1.91 bits per heavy atom. The van der Waals surface area contributed by atoms with E-state index in [2.05, 4.69) is 5.32 Å². The summed E-state index contributed by atoms with van der Waals surface area (Å²) in [7, 11) is 3.66. The van der Waals surface area contributed by atoms with Crippen LogP contribution in [-0.2, 0) is 4.79 Å². The van der Waals surface area contributed by atoms with E-state index in [4.69, 9.17) is 0 Å². The lowest BCUT2D eigenvalue weighted by molar-refractivity contribution is -0.127. The van der Waals surface area contributed by atoms with Crippen LogP contribution in [0.4, 0.5) is 0 Å². The Morgan fingerprint density at radius 3 is 2.18 bits per heavy atom. The minimum absolute atomic E-state index is 0.116. The van der Waals surface area contributed by atoms with Crippen molar-refractivity contribution in [1.29, 1.82) is 0 Å². The molecular weight excluding hydrogens is 140 g/mol. The van der Waals surface area contributed by atoms with Gasteiger partial charge in [0.25, 0.3) is 0 Å². The summed E-state index contributed by atoms with van der Waals surface area (Å²) in [5.74, 6) is 0.116. The van der Waals surface area contributed by atoms with E-state index in [0.717, 1.165) is 13.1 Å². The molecule has 11 heavy (non-hydrogen) atoms. The predicted octanol–water partition coefficient (Wildman–Crippen LogP) is 0.710. The highest BCUT2D eigenvalue weighted by molar-refractivity contribution is 5.72. The number of rotatable bonds is 3. The number of nitrogens with zero attached hydrogens (tertiary/aromatic N) is 1. The van der Waals surface area contributed by atoms with E-state index in [1.54, 1.807) is 18.9 Å². The number of hydrogen-bond acceptors (Lipinski definition) is 2. The number of carbonyl (C=O) groups is 1. The molecule has 0 bridgehead atoms. The van der Waals surface area contributed by atoms with Gasteiger partial charge in [-0.25, -0.2) is 0 Å². The summed E-state index contributed by atoms with van der Waals surface area (Å²) in [6.45, 7) is 7.21. The van der Waals surface area contributed by atoms with Crippen molar-refractivity contribution in [3.05, 3.63) is 0 Å². The molecule has 0 atom stereocenters. The lowest BCUT2D eigenvalue weighted by Crippen LogP contribution is -2.30. The summed E-state index contributed by atoms with van der Waals surface area (Å²) in [5.41, 5.74) is 0. The second-order valence-corrected chi connectivity index (χ2v) is 2.04. The number of carbonyl (C=O) groups excluding carboxylic acids is 1. The number of hydrogen-bond donors (Lipinski definition) is 1. The van der Waals surface area contributed by atoms with Crippen LogP contribution in [0.15, 0.2) is 0 Å². The lowest BCUT2D eigenvalue weighted by Gasteiger charge is -2.13. The van der Waals surface area contributed by atoms with Gasteiger partial charge in [0.1, 0.15) is 0 Å². The number of amides is 1. The van der Waals surface area contributed by atoms with Gasteiger partial charge in [0.2, 0.25) is 5.91 Å². The zero-order valence-corrected chi connectivity index (χ0v) is 8.27.